The molecule has 3 aromatic rings. The Bertz CT molecular complexity index is 783. The normalized spacial score (nSPS) is 11.2. The van der Waals surface area contributed by atoms with Crippen molar-refractivity contribution in [3.8, 4) is 0 Å². The van der Waals surface area contributed by atoms with Crippen molar-refractivity contribution in [2.45, 2.75) is 0 Å². The van der Waals surface area contributed by atoms with Crippen molar-refractivity contribution >= 4 is 40.4 Å². The number of nitrogens with zero attached hydrogens (tertiary/aromatic N) is 3. The monoisotopic (exact) mass is 287 g/mol. The van der Waals surface area contributed by atoms with Crippen molar-refractivity contribution in [2.24, 2.45) is 5.16 Å². The van der Waals surface area contributed by atoms with Crippen molar-refractivity contribution < 1.29 is 5.21 Å². The van der Waals surface area contributed by atoms with E-state index in [-0.39, 0.29) is 0 Å². The van der Waals surface area contributed by atoms with Gasteiger partial charge in [-0.2, -0.15) is 0 Å². The van der Waals surface area contributed by atoms with Gasteiger partial charge in [-0.1, -0.05) is 22.8 Å². The Morgan fingerprint density at radius 3 is 3.00 bits per heavy atom. The molecule has 0 saturated carbocycles. The third kappa shape index (κ3) is 2.41. The van der Waals surface area contributed by atoms with Gasteiger partial charge >= 0.3 is 0 Å². The minimum absolute atomic E-state index is 0.636. The Kier molecular flexibility index (Phi) is 3.22. The predicted octanol–water partition coefficient (Wildman–Crippen LogP) is 3.16. The quantitative estimate of drug-likeness (QED) is 0.392. The maximum atomic E-state index is 8.56. The molecule has 0 fully saturated rings. The van der Waals surface area contributed by atoms with Crippen molar-refractivity contribution in [3.63, 3.8) is 0 Å². The molecule has 6 nitrogen and oxygen atoms in total. The summed E-state index contributed by atoms with van der Waals surface area (Å²) in [6, 6.07) is 9.14. The van der Waals surface area contributed by atoms with Gasteiger partial charge in [-0.15, -0.1) is 0 Å². The molecule has 20 heavy (non-hydrogen) atoms. The number of hydrogen-bond acceptors (Lipinski definition) is 5. The van der Waals surface area contributed by atoms with Crippen LogP contribution in [0.25, 0.3) is 11.0 Å². The van der Waals surface area contributed by atoms with Crippen LogP contribution in [-0.4, -0.2) is 26.4 Å². The topological polar surface area (TPSA) is 86.2 Å². The Hall–Kier alpha value is -2.60. The summed E-state index contributed by atoms with van der Waals surface area (Å²) in [6.07, 6.45) is 2.75. The molecular weight excluding hydrogens is 278 g/mol. The van der Waals surface area contributed by atoms with Gasteiger partial charge in [-0.25, -0.2) is 9.97 Å². The summed E-state index contributed by atoms with van der Waals surface area (Å²) >= 11 is 5.95. The fourth-order valence-corrected chi connectivity index (χ4v) is 2.08. The van der Waals surface area contributed by atoms with E-state index < -0.39 is 0 Å². The van der Waals surface area contributed by atoms with Crippen LogP contribution < -0.4 is 5.32 Å². The molecule has 0 saturated heterocycles. The molecule has 2 aromatic heterocycles. The molecule has 3 rings (SSSR count). The van der Waals surface area contributed by atoms with Crippen LogP contribution in [0.15, 0.2) is 41.8 Å². The first-order chi connectivity index (χ1) is 9.76. The number of hydrogen-bond donors (Lipinski definition) is 3. The predicted molar refractivity (Wildman–Crippen MR) is 78.0 cm³/mol. The van der Waals surface area contributed by atoms with Crippen molar-refractivity contribution in [1.29, 1.82) is 0 Å². The maximum Gasteiger partial charge on any atom is 0.143 e. The molecule has 0 bridgehead atoms. The van der Waals surface area contributed by atoms with E-state index in [9.17, 15) is 0 Å². The summed E-state index contributed by atoms with van der Waals surface area (Å²) in [4.78, 5) is 11.3. The van der Waals surface area contributed by atoms with Crippen molar-refractivity contribution in [3.05, 3.63) is 47.4 Å². The van der Waals surface area contributed by atoms with Crippen LogP contribution in [0.5, 0.6) is 0 Å². The third-order valence-corrected chi connectivity index (χ3v) is 2.97. The number of fused-ring (bicyclic) bond motifs is 1. The van der Waals surface area contributed by atoms with E-state index in [1.807, 2.05) is 12.1 Å². The first-order valence-electron chi connectivity index (χ1n) is 5.80. The van der Waals surface area contributed by atoms with Gasteiger partial charge in [0.1, 0.15) is 17.8 Å². The molecule has 0 unspecified atom stereocenters. The fraction of sp³-hybridized carbons (Fsp3) is 0. The zero-order chi connectivity index (χ0) is 13.9. The molecule has 2 heterocycles. The number of aromatic amines is 1. The molecule has 0 atom stereocenters. The third-order valence-electron chi connectivity index (χ3n) is 2.73. The van der Waals surface area contributed by atoms with E-state index in [1.165, 1.54) is 12.5 Å². The molecule has 0 aliphatic rings. The molecule has 1 aromatic carbocycles. The summed E-state index contributed by atoms with van der Waals surface area (Å²) in [5, 5.41) is 16.2. The average Bonchev–Trinajstić information content (AvgIpc) is 2.83. The SMILES string of the molecule is ON=Cc1cc2c(Nc3cccc(Cl)c3)ncnc2[nH]1. The molecule has 100 valence electrons. The highest BCUT2D eigenvalue weighted by Gasteiger charge is 2.07. The van der Waals surface area contributed by atoms with Gasteiger partial charge in [0.05, 0.1) is 17.3 Å². The van der Waals surface area contributed by atoms with E-state index in [1.54, 1.807) is 18.2 Å². The molecular formula is C13H10ClN5O. The van der Waals surface area contributed by atoms with Crippen molar-refractivity contribution in [1.82, 2.24) is 15.0 Å². The number of H-pyrrole nitrogens is 1. The molecule has 0 amide bonds. The highest BCUT2D eigenvalue weighted by molar-refractivity contribution is 6.30. The number of benzene rings is 1. The minimum Gasteiger partial charge on any atom is -0.411 e. The van der Waals surface area contributed by atoms with E-state index >= 15 is 0 Å². The number of anilines is 2. The van der Waals surface area contributed by atoms with Gasteiger partial charge in [0, 0.05) is 10.7 Å². The lowest BCUT2D eigenvalue weighted by molar-refractivity contribution is 0.321. The highest BCUT2D eigenvalue weighted by Crippen LogP contribution is 2.24. The van der Waals surface area contributed by atoms with Gasteiger partial charge in [-0.05, 0) is 24.3 Å². The Morgan fingerprint density at radius 2 is 2.20 bits per heavy atom. The summed E-state index contributed by atoms with van der Waals surface area (Å²) in [5.74, 6) is 0.645. The van der Waals surface area contributed by atoms with Crippen LogP contribution in [0.4, 0.5) is 11.5 Å². The Labute approximate surface area is 119 Å². The Balaban J connectivity index is 2.02. The smallest absolute Gasteiger partial charge is 0.143 e. The van der Waals surface area contributed by atoms with Gasteiger partial charge in [-0.3, -0.25) is 0 Å². The molecule has 7 heteroatoms. The zero-order valence-electron chi connectivity index (χ0n) is 10.2. The number of oxime groups is 1. The number of aromatic nitrogens is 3. The second-order valence-electron chi connectivity index (χ2n) is 4.09. The largest absolute Gasteiger partial charge is 0.411 e. The lowest BCUT2D eigenvalue weighted by Gasteiger charge is -2.06. The van der Waals surface area contributed by atoms with E-state index in [0.717, 1.165) is 11.1 Å². The Morgan fingerprint density at radius 1 is 1.30 bits per heavy atom. The zero-order valence-corrected chi connectivity index (χ0v) is 11.0. The second-order valence-corrected chi connectivity index (χ2v) is 4.53. The lowest BCUT2D eigenvalue weighted by atomic mass is 10.3. The van der Waals surface area contributed by atoms with Crippen LogP contribution in [-0.2, 0) is 0 Å². The van der Waals surface area contributed by atoms with Gasteiger partial charge in [0.2, 0.25) is 0 Å². The van der Waals surface area contributed by atoms with Crippen LogP contribution in [0.3, 0.4) is 0 Å². The van der Waals surface area contributed by atoms with E-state index in [4.69, 9.17) is 16.8 Å². The standard InChI is InChI=1S/C13H10ClN5O/c14-8-2-1-3-9(4-8)18-12-11-5-10(6-17-20)19-13(11)16-7-15-12/h1-7,20H,(H2,15,16,18,19). The van der Waals surface area contributed by atoms with Gasteiger partial charge < -0.3 is 15.5 Å². The van der Waals surface area contributed by atoms with Crippen LogP contribution in [0.2, 0.25) is 5.02 Å². The van der Waals surface area contributed by atoms with Crippen LogP contribution in [0.1, 0.15) is 5.69 Å². The minimum atomic E-state index is 0.636. The summed E-state index contributed by atoms with van der Waals surface area (Å²) in [6.45, 7) is 0. The molecule has 0 radical (unpaired) electrons. The fourth-order valence-electron chi connectivity index (χ4n) is 1.89. The molecule has 0 aliphatic carbocycles. The number of halogens is 1. The first-order valence-corrected chi connectivity index (χ1v) is 6.18. The van der Waals surface area contributed by atoms with Crippen LogP contribution >= 0.6 is 11.6 Å². The molecule has 0 spiro atoms. The maximum absolute atomic E-state index is 8.56. The first kappa shape index (κ1) is 12.4. The van der Waals surface area contributed by atoms with Crippen molar-refractivity contribution in [2.75, 3.05) is 5.32 Å². The lowest BCUT2D eigenvalue weighted by Crippen LogP contribution is -1.94. The summed E-state index contributed by atoms with van der Waals surface area (Å²) in [7, 11) is 0. The average molecular weight is 288 g/mol. The molecule has 0 aliphatic heterocycles. The summed E-state index contributed by atoms with van der Waals surface area (Å²) < 4.78 is 0. The highest BCUT2D eigenvalue weighted by atomic mass is 35.5. The second kappa shape index (κ2) is 5.18. The van der Waals surface area contributed by atoms with E-state index in [2.05, 4.69) is 25.4 Å². The van der Waals surface area contributed by atoms with E-state index in [0.29, 0.717) is 22.2 Å². The summed E-state index contributed by atoms with van der Waals surface area (Å²) in [5.41, 5.74) is 2.12. The number of nitrogens with one attached hydrogen (secondary N) is 2. The number of rotatable bonds is 3. The van der Waals surface area contributed by atoms with Gasteiger partial charge in [0.15, 0.2) is 0 Å². The van der Waals surface area contributed by atoms with Gasteiger partial charge in [0.25, 0.3) is 0 Å². The van der Waals surface area contributed by atoms with Crippen LogP contribution in [0, 0.1) is 0 Å². The molecule has 3 N–H and O–H groups in total.